The van der Waals surface area contributed by atoms with Gasteiger partial charge in [0.2, 0.25) is 15.9 Å². The standard InChI is InChI=1S/C14H17ClN2O3S/c1-17(2)21(19,20)13-9-11(6-7-12(13)15)16-14(18)8-5-10-3-4-10/h5-10H,3-4H2,1-2H3,(H,16,18)/b8-5+. The van der Waals surface area contributed by atoms with Gasteiger partial charge in [0.25, 0.3) is 0 Å². The summed E-state index contributed by atoms with van der Waals surface area (Å²) in [5, 5.41) is 2.76. The van der Waals surface area contributed by atoms with Gasteiger partial charge in [-0.15, -0.1) is 0 Å². The summed E-state index contributed by atoms with van der Waals surface area (Å²) >= 11 is 5.94. The monoisotopic (exact) mass is 328 g/mol. The maximum atomic E-state index is 12.1. The van der Waals surface area contributed by atoms with Crippen molar-refractivity contribution in [2.45, 2.75) is 17.7 Å². The van der Waals surface area contributed by atoms with E-state index in [0.29, 0.717) is 11.6 Å². The maximum Gasteiger partial charge on any atom is 0.248 e. The van der Waals surface area contributed by atoms with Gasteiger partial charge in [0.05, 0.1) is 5.02 Å². The Morgan fingerprint density at radius 3 is 2.62 bits per heavy atom. The normalized spacial score (nSPS) is 15.6. The van der Waals surface area contributed by atoms with E-state index in [2.05, 4.69) is 5.32 Å². The number of hydrogen-bond acceptors (Lipinski definition) is 3. The van der Waals surface area contributed by atoms with Crippen LogP contribution in [0.4, 0.5) is 5.69 Å². The van der Waals surface area contributed by atoms with Gasteiger partial charge >= 0.3 is 0 Å². The molecule has 0 radical (unpaired) electrons. The predicted octanol–water partition coefficient (Wildman–Crippen LogP) is 2.50. The molecule has 1 aliphatic rings. The Morgan fingerprint density at radius 2 is 2.05 bits per heavy atom. The van der Waals surface area contributed by atoms with Crippen LogP contribution in [0.2, 0.25) is 5.02 Å². The number of anilines is 1. The minimum absolute atomic E-state index is 0.0295. The molecule has 1 aliphatic carbocycles. The zero-order valence-corrected chi connectivity index (χ0v) is 13.4. The van der Waals surface area contributed by atoms with Crippen molar-refractivity contribution >= 4 is 33.2 Å². The third-order valence-corrected chi connectivity index (χ3v) is 5.40. The SMILES string of the molecule is CN(C)S(=O)(=O)c1cc(NC(=O)/C=C/C2CC2)ccc1Cl. The van der Waals surface area contributed by atoms with Crippen LogP contribution in [0.15, 0.2) is 35.2 Å². The molecule has 1 N–H and O–H groups in total. The summed E-state index contributed by atoms with van der Waals surface area (Å²) in [6.45, 7) is 0. The highest BCUT2D eigenvalue weighted by Crippen LogP contribution is 2.30. The molecule has 0 aromatic heterocycles. The van der Waals surface area contributed by atoms with Gasteiger partial charge in [0, 0.05) is 19.8 Å². The average Bonchev–Trinajstić information content (AvgIpc) is 3.22. The molecule has 0 aliphatic heterocycles. The summed E-state index contributed by atoms with van der Waals surface area (Å²) in [5.41, 5.74) is 0.394. The second-order valence-corrected chi connectivity index (χ2v) is 7.65. The maximum absolute atomic E-state index is 12.1. The van der Waals surface area contributed by atoms with E-state index >= 15 is 0 Å². The lowest BCUT2D eigenvalue weighted by Gasteiger charge is -2.14. The van der Waals surface area contributed by atoms with Crippen LogP contribution in [-0.4, -0.2) is 32.7 Å². The molecule has 0 spiro atoms. The van der Waals surface area contributed by atoms with E-state index in [4.69, 9.17) is 11.6 Å². The highest BCUT2D eigenvalue weighted by atomic mass is 35.5. The number of carbonyl (C=O) groups is 1. The van der Waals surface area contributed by atoms with Crippen molar-refractivity contribution < 1.29 is 13.2 Å². The van der Waals surface area contributed by atoms with Crippen molar-refractivity contribution in [3.63, 3.8) is 0 Å². The van der Waals surface area contributed by atoms with Crippen molar-refractivity contribution in [2.24, 2.45) is 5.92 Å². The number of rotatable bonds is 5. The largest absolute Gasteiger partial charge is 0.322 e. The highest BCUT2D eigenvalue weighted by molar-refractivity contribution is 7.89. The molecule has 114 valence electrons. The number of halogens is 1. The second-order valence-electron chi connectivity index (χ2n) is 5.12. The van der Waals surface area contributed by atoms with Gasteiger partial charge in [-0.3, -0.25) is 4.79 Å². The van der Waals surface area contributed by atoms with Crippen LogP contribution in [0.1, 0.15) is 12.8 Å². The minimum atomic E-state index is -3.65. The van der Waals surface area contributed by atoms with Crippen LogP contribution in [0.5, 0.6) is 0 Å². The number of hydrogen-bond donors (Lipinski definition) is 1. The zero-order valence-electron chi connectivity index (χ0n) is 11.8. The molecule has 1 amide bonds. The van der Waals surface area contributed by atoms with Gasteiger partial charge in [0.15, 0.2) is 0 Å². The lowest BCUT2D eigenvalue weighted by Crippen LogP contribution is -2.22. The van der Waals surface area contributed by atoms with E-state index in [1.54, 1.807) is 6.07 Å². The van der Waals surface area contributed by atoms with Crippen molar-refractivity contribution in [1.29, 1.82) is 0 Å². The fourth-order valence-corrected chi connectivity index (χ4v) is 3.07. The van der Waals surface area contributed by atoms with E-state index in [9.17, 15) is 13.2 Å². The topological polar surface area (TPSA) is 66.5 Å². The Hall–Kier alpha value is -1.37. The smallest absolute Gasteiger partial charge is 0.248 e. The first-order valence-corrected chi connectivity index (χ1v) is 8.34. The van der Waals surface area contributed by atoms with Crippen LogP contribution in [0.3, 0.4) is 0 Å². The third kappa shape index (κ3) is 4.06. The number of nitrogens with one attached hydrogen (secondary N) is 1. The van der Waals surface area contributed by atoms with Crippen molar-refractivity contribution in [1.82, 2.24) is 4.31 Å². The van der Waals surface area contributed by atoms with E-state index in [-0.39, 0.29) is 15.8 Å². The first-order chi connectivity index (χ1) is 9.80. The first kappa shape index (κ1) is 16.0. The van der Waals surface area contributed by atoms with Crippen molar-refractivity contribution in [3.05, 3.63) is 35.4 Å². The Bertz CT molecular complexity index is 679. The molecular formula is C14H17ClN2O3S. The molecule has 1 aromatic carbocycles. The molecule has 0 unspecified atom stereocenters. The molecule has 0 saturated heterocycles. The Kier molecular flexibility index (Phi) is 4.70. The molecule has 1 saturated carbocycles. The minimum Gasteiger partial charge on any atom is -0.322 e. The van der Waals surface area contributed by atoms with Gasteiger partial charge in [0.1, 0.15) is 4.90 Å². The molecule has 2 rings (SSSR count). The van der Waals surface area contributed by atoms with Crippen molar-refractivity contribution in [2.75, 3.05) is 19.4 Å². The van der Waals surface area contributed by atoms with Gasteiger partial charge in [-0.2, -0.15) is 0 Å². The fourth-order valence-electron chi connectivity index (χ4n) is 1.67. The van der Waals surface area contributed by atoms with Gasteiger partial charge < -0.3 is 5.32 Å². The number of benzene rings is 1. The summed E-state index contributed by atoms with van der Waals surface area (Å²) in [6.07, 6.45) is 5.58. The van der Waals surface area contributed by atoms with E-state index in [0.717, 1.165) is 17.1 Å². The molecule has 0 atom stereocenters. The predicted molar refractivity (Wildman–Crippen MR) is 82.8 cm³/mol. The molecule has 7 heteroatoms. The molecule has 5 nitrogen and oxygen atoms in total. The van der Waals surface area contributed by atoms with E-state index < -0.39 is 10.0 Å². The first-order valence-electron chi connectivity index (χ1n) is 6.52. The number of carbonyl (C=O) groups excluding carboxylic acids is 1. The molecule has 0 heterocycles. The molecule has 0 bridgehead atoms. The summed E-state index contributed by atoms with van der Waals surface area (Å²) in [5.74, 6) is 0.225. The second kappa shape index (κ2) is 6.17. The zero-order chi connectivity index (χ0) is 15.6. The highest BCUT2D eigenvalue weighted by Gasteiger charge is 2.21. The summed E-state index contributed by atoms with van der Waals surface area (Å²) in [6, 6.07) is 4.39. The quantitative estimate of drug-likeness (QED) is 0.844. The number of sulfonamides is 1. The van der Waals surface area contributed by atoms with E-state index in [1.165, 1.54) is 32.3 Å². The number of nitrogens with zero attached hydrogens (tertiary/aromatic N) is 1. The van der Waals surface area contributed by atoms with Crippen LogP contribution < -0.4 is 5.32 Å². The van der Waals surface area contributed by atoms with Gasteiger partial charge in [-0.25, -0.2) is 12.7 Å². The number of amides is 1. The molecular weight excluding hydrogens is 312 g/mol. The van der Waals surface area contributed by atoms with Crippen molar-refractivity contribution in [3.8, 4) is 0 Å². The Morgan fingerprint density at radius 1 is 1.38 bits per heavy atom. The lowest BCUT2D eigenvalue weighted by molar-refractivity contribution is -0.111. The van der Waals surface area contributed by atoms with Gasteiger partial charge in [-0.1, -0.05) is 17.7 Å². The fraction of sp³-hybridized carbons (Fsp3) is 0.357. The number of allylic oxidation sites excluding steroid dienone is 1. The Balaban J connectivity index is 2.20. The van der Waals surface area contributed by atoms with Gasteiger partial charge in [-0.05, 0) is 43.0 Å². The van der Waals surface area contributed by atoms with Crippen LogP contribution >= 0.6 is 11.6 Å². The summed E-state index contributed by atoms with van der Waals surface area (Å²) < 4.78 is 25.3. The summed E-state index contributed by atoms with van der Waals surface area (Å²) in [4.78, 5) is 11.7. The third-order valence-electron chi connectivity index (χ3n) is 3.10. The molecule has 1 aromatic rings. The van der Waals surface area contributed by atoms with Crippen LogP contribution in [0.25, 0.3) is 0 Å². The lowest BCUT2D eigenvalue weighted by atomic mass is 10.3. The van der Waals surface area contributed by atoms with Crippen LogP contribution in [0, 0.1) is 5.92 Å². The average molecular weight is 329 g/mol. The van der Waals surface area contributed by atoms with E-state index in [1.807, 2.05) is 6.08 Å². The van der Waals surface area contributed by atoms with Crippen LogP contribution in [-0.2, 0) is 14.8 Å². The Labute approximate surface area is 129 Å². The summed E-state index contributed by atoms with van der Waals surface area (Å²) in [7, 11) is -0.798. The molecule has 1 fully saturated rings. The molecule has 21 heavy (non-hydrogen) atoms.